The van der Waals surface area contributed by atoms with Gasteiger partial charge in [-0.3, -0.25) is 9.69 Å². The second-order valence-corrected chi connectivity index (χ2v) is 12.2. The van der Waals surface area contributed by atoms with Gasteiger partial charge in [0.25, 0.3) is 0 Å². The van der Waals surface area contributed by atoms with E-state index in [-0.39, 0.29) is 24.6 Å². The molecule has 224 valence electrons. The molecule has 1 amide bonds. The predicted molar refractivity (Wildman–Crippen MR) is 171 cm³/mol. The van der Waals surface area contributed by atoms with Gasteiger partial charge < -0.3 is 24.3 Å². The predicted octanol–water partition coefficient (Wildman–Crippen LogP) is 4.48. The van der Waals surface area contributed by atoms with Crippen molar-refractivity contribution in [2.75, 3.05) is 56.1 Å². The van der Waals surface area contributed by atoms with Gasteiger partial charge in [-0.15, -0.1) is 0 Å². The van der Waals surface area contributed by atoms with Crippen molar-refractivity contribution in [2.45, 2.75) is 57.8 Å². The van der Waals surface area contributed by atoms with Crippen LogP contribution in [0.15, 0.2) is 49.1 Å². The average molecular weight is 580 g/mol. The van der Waals surface area contributed by atoms with Crippen molar-refractivity contribution in [3.05, 3.63) is 77.3 Å². The number of carbonyl (C=O) groups is 1. The largest absolute Gasteiger partial charge is 0.459 e. The molecular formula is C34H41N7O2. The molecular weight excluding hydrogens is 538 g/mol. The van der Waals surface area contributed by atoms with Gasteiger partial charge in [-0.1, -0.05) is 36.9 Å². The zero-order valence-electron chi connectivity index (χ0n) is 25.5. The van der Waals surface area contributed by atoms with E-state index in [1.807, 2.05) is 0 Å². The molecule has 1 saturated heterocycles. The summed E-state index contributed by atoms with van der Waals surface area (Å²) < 4.78 is 6.41. The first-order valence-electron chi connectivity index (χ1n) is 15.4. The van der Waals surface area contributed by atoms with Gasteiger partial charge in [0.2, 0.25) is 12.5 Å². The molecule has 0 unspecified atom stereocenters. The van der Waals surface area contributed by atoms with Crippen LogP contribution in [0.2, 0.25) is 0 Å². The zero-order chi connectivity index (χ0) is 30.1. The number of carbonyl (C=O) groups excluding carboxylic acids is 1. The number of piperazine rings is 1. The number of aryl methyl sites for hydroxylation is 1. The van der Waals surface area contributed by atoms with E-state index in [4.69, 9.17) is 21.3 Å². The highest BCUT2D eigenvalue weighted by molar-refractivity contribution is 5.97. The molecule has 1 aromatic heterocycles. The Bertz CT molecular complexity index is 1560. The van der Waals surface area contributed by atoms with Crippen molar-refractivity contribution in [3.63, 3.8) is 0 Å². The SMILES string of the molecule is [C-]#[N+]C[C@H]1CN(c2nc(O[C@H](C)CN(C)C3CC3)nc3c2CCN(c2cccc4cccc(C)c24)C3)CCN1C(=O)C=C. The van der Waals surface area contributed by atoms with E-state index >= 15 is 0 Å². The number of hydrogen-bond acceptors (Lipinski definition) is 7. The lowest BCUT2D eigenvalue weighted by atomic mass is 9.99. The van der Waals surface area contributed by atoms with Crippen molar-refractivity contribution in [3.8, 4) is 6.01 Å². The lowest BCUT2D eigenvalue weighted by molar-refractivity contribution is -0.128. The maximum absolute atomic E-state index is 12.6. The van der Waals surface area contributed by atoms with E-state index < -0.39 is 0 Å². The summed E-state index contributed by atoms with van der Waals surface area (Å²) in [5.74, 6) is 0.744. The topological polar surface area (TPSA) is 69.4 Å². The first kappa shape index (κ1) is 28.9. The second-order valence-electron chi connectivity index (χ2n) is 12.2. The molecule has 6 rings (SSSR count). The molecule has 3 aliphatic rings. The fraction of sp³-hybridized carbons (Fsp3) is 0.471. The van der Waals surface area contributed by atoms with Crippen LogP contribution >= 0.6 is 0 Å². The lowest BCUT2D eigenvalue weighted by Gasteiger charge is -2.41. The van der Waals surface area contributed by atoms with Crippen molar-refractivity contribution < 1.29 is 9.53 Å². The first-order chi connectivity index (χ1) is 20.9. The summed E-state index contributed by atoms with van der Waals surface area (Å²) in [5, 5.41) is 2.52. The van der Waals surface area contributed by atoms with Crippen molar-refractivity contribution in [1.29, 1.82) is 0 Å². The van der Waals surface area contributed by atoms with Gasteiger partial charge in [0, 0.05) is 55.4 Å². The van der Waals surface area contributed by atoms with Crippen molar-refractivity contribution >= 4 is 28.2 Å². The Morgan fingerprint density at radius 1 is 1.19 bits per heavy atom. The Morgan fingerprint density at radius 3 is 2.72 bits per heavy atom. The maximum atomic E-state index is 12.6. The molecule has 1 saturated carbocycles. The van der Waals surface area contributed by atoms with E-state index in [1.54, 1.807) is 4.90 Å². The molecule has 0 N–H and O–H groups in total. The van der Waals surface area contributed by atoms with E-state index in [0.717, 1.165) is 36.6 Å². The van der Waals surface area contributed by atoms with E-state index in [2.05, 4.69) is 83.4 Å². The summed E-state index contributed by atoms with van der Waals surface area (Å²) in [4.78, 5) is 35.0. The molecule has 2 aromatic carbocycles. The molecule has 9 heteroatoms. The molecule has 3 aromatic rings. The highest BCUT2D eigenvalue weighted by Crippen LogP contribution is 2.36. The standard InChI is InChI=1S/C34H41N7O2/c1-6-31(42)41-18-17-40(21-27(41)19-35-4)33-28-15-16-39(30-12-8-11-25-10-7-9-23(2)32(25)30)22-29(28)36-34(37-33)43-24(3)20-38(5)26-13-14-26/h6-12,24,26-27H,1,13-22H2,2-3,5H3/t24-,27+/m1/s1. The number of aromatic nitrogens is 2. The van der Waals surface area contributed by atoms with Crippen LogP contribution in [-0.2, 0) is 17.8 Å². The summed E-state index contributed by atoms with van der Waals surface area (Å²) in [6.45, 7) is 19.7. The third-order valence-corrected chi connectivity index (χ3v) is 9.02. The molecule has 0 bridgehead atoms. The fourth-order valence-corrected chi connectivity index (χ4v) is 6.68. The molecule has 9 nitrogen and oxygen atoms in total. The first-order valence-corrected chi connectivity index (χ1v) is 15.4. The third kappa shape index (κ3) is 6.02. The van der Waals surface area contributed by atoms with Crippen LogP contribution in [0.1, 0.15) is 36.6 Å². The van der Waals surface area contributed by atoms with Crippen LogP contribution in [0, 0.1) is 13.5 Å². The maximum Gasteiger partial charge on any atom is 0.318 e. The number of likely N-dealkylation sites (N-methyl/N-ethyl adjacent to an activating group) is 1. The fourth-order valence-electron chi connectivity index (χ4n) is 6.68. The minimum atomic E-state index is -0.225. The van der Waals surface area contributed by atoms with Gasteiger partial charge in [0.05, 0.1) is 12.2 Å². The number of ether oxygens (including phenoxy) is 1. The van der Waals surface area contributed by atoms with Gasteiger partial charge in [-0.2, -0.15) is 9.97 Å². The molecule has 3 heterocycles. The molecule has 43 heavy (non-hydrogen) atoms. The Balaban J connectivity index is 1.33. The Morgan fingerprint density at radius 2 is 1.98 bits per heavy atom. The molecule has 2 atom stereocenters. The van der Waals surface area contributed by atoms with Crippen LogP contribution in [0.3, 0.4) is 0 Å². The monoisotopic (exact) mass is 579 g/mol. The van der Waals surface area contributed by atoms with Gasteiger partial charge in [0.1, 0.15) is 18.0 Å². The number of nitrogens with zero attached hydrogens (tertiary/aromatic N) is 7. The van der Waals surface area contributed by atoms with Gasteiger partial charge >= 0.3 is 6.01 Å². The van der Waals surface area contributed by atoms with Gasteiger partial charge in [-0.05, 0) is 63.2 Å². The quantitative estimate of drug-likeness (QED) is 0.273. The van der Waals surface area contributed by atoms with Crippen molar-refractivity contribution in [2.24, 2.45) is 0 Å². The van der Waals surface area contributed by atoms with E-state index in [9.17, 15) is 4.79 Å². The van der Waals surface area contributed by atoms with Crippen LogP contribution < -0.4 is 14.5 Å². The summed E-state index contributed by atoms with van der Waals surface area (Å²) in [5.41, 5.74) is 4.59. The smallest absolute Gasteiger partial charge is 0.318 e. The van der Waals surface area contributed by atoms with Crippen LogP contribution in [0.5, 0.6) is 6.01 Å². The minimum Gasteiger partial charge on any atom is -0.459 e. The number of hydrogen-bond donors (Lipinski definition) is 0. The normalized spacial score (nSPS) is 19.2. The highest BCUT2D eigenvalue weighted by Gasteiger charge is 2.35. The summed E-state index contributed by atoms with van der Waals surface area (Å²) in [7, 11) is 2.15. The number of anilines is 2. The van der Waals surface area contributed by atoms with E-state index in [0.29, 0.717) is 38.2 Å². The molecule has 0 radical (unpaired) electrons. The Labute approximate surface area is 254 Å². The second kappa shape index (κ2) is 12.2. The van der Waals surface area contributed by atoms with Gasteiger partial charge in [0.15, 0.2) is 0 Å². The Kier molecular flexibility index (Phi) is 8.22. The van der Waals surface area contributed by atoms with Crippen LogP contribution in [-0.4, -0.2) is 90.2 Å². The molecule has 2 aliphatic heterocycles. The van der Waals surface area contributed by atoms with Crippen LogP contribution in [0.25, 0.3) is 15.6 Å². The summed E-state index contributed by atoms with van der Waals surface area (Å²) in [6, 6.07) is 13.8. The number of rotatable bonds is 9. The van der Waals surface area contributed by atoms with Crippen LogP contribution in [0.4, 0.5) is 11.5 Å². The number of amides is 1. The minimum absolute atomic E-state index is 0.0613. The average Bonchev–Trinajstić information content (AvgIpc) is 3.86. The Hall–Kier alpha value is -4.16. The molecule has 1 aliphatic carbocycles. The summed E-state index contributed by atoms with van der Waals surface area (Å²) >= 11 is 0. The lowest BCUT2D eigenvalue weighted by Crippen LogP contribution is -2.56. The van der Waals surface area contributed by atoms with E-state index in [1.165, 1.54) is 40.9 Å². The molecule has 0 spiro atoms. The highest BCUT2D eigenvalue weighted by atomic mass is 16.5. The third-order valence-electron chi connectivity index (χ3n) is 9.02. The zero-order valence-corrected chi connectivity index (χ0v) is 25.5. The number of benzene rings is 2. The van der Waals surface area contributed by atoms with Crippen molar-refractivity contribution in [1.82, 2.24) is 19.8 Å². The van der Waals surface area contributed by atoms with Gasteiger partial charge in [-0.25, -0.2) is 6.57 Å². The summed E-state index contributed by atoms with van der Waals surface area (Å²) in [6.07, 6.45) is 4.58. The number of fused-ring (bicyclic) bond motifs is 2. The molecule has 2 fully saturated rings.